The number of amides is 1. The fraction of sp³-hybridized carbons (Fsp3) is 0.500. The van der Waals surface area contributed by atoms with E-state index in [-0.39, 0.29) is 5.91 Å². The van der Waals surface area contributed by atoms with Crippen LogP contribution in [0.15, 0.2) is 28.8 Å². The van der Waals surface area contributed by atoms with Crippen molar-refractivity contribution in [2.45, 2.75) is 26.2 Å². The average molecular weight is 344 g/mol. The Morgan fingerprint density at radius 1 is 1.40 bits per heavy atom. The number of benzene rings is 1. The second-order valence-electron chi connectivity index (χ2n) is 6.20. The molecule has 2 aromatic rings. The number of carbonyl (C=O) groups is 1. The Kier molecular flexibility index (Phi) is 5.65. The molecule has 0 aliphatic carbocycles. The Labute approximate surface area is 147 Å². The first-order chi connectivity index (χ1) is 12.2. The van der Waals surface area contributed by atoms with Gasteiger partial charge in [-0.15, -0.1) is 0 Å². The van der Waals surface area contributed by atoms with Gasteiger partial charge in [0, 0.05) is 31.5 Å². The number of aromatic nitrogens is 2. The van der Waals surface area contributed by atoms with Crippen LogP contribution in [-0.2, 0) is 11.2 Å². The number of nitrogens with zero attached hydrogens (tertiary/aromatic N) is 3. The third-order valence-corrected chi connectivity index (χ3v) is 4.42. The van der Waals surface area contributed by atoms with Gasteiger partial charge in [0.25, 0.3) is 0 Å². The molecule has 0 spiro atoms. The molecule has 3 rings (SSSR count). The van der Waals surface area contributed by atoms with Crippen molar-refractivity contribution in [3.63, 3.8) is 0 Å². The Morgan fingerprint density at radius 2 is 2.20 bits per heavy atom. The van der Waals surface area contributed by atoms with Gasteiger partial charge in [0.15, 0.2) is 0 Å². The van der Waals surface area contributed by atoms with Crippen molar-refractivity contribution in [3.8, 4) is 17.1 Å². The van der Waals surface area contributed by atoms with Crippen LogP contribution in [0.25, 0.3) is 11.4 Å². The van der Waals surface area contributed by atoms with Crippen LogP contribution in [0.2, 0.25) is 0 Å². The summed E-state index contributed by atoms with van der Waals surface area (Å²) in [7, 11) is 0. The van der Waals surface area contributed by atoms with E-state index in [0.29, 0.717) is 43.6 Å². The normalized spacial score (nSPS) is 17.0. The highest BCUT2D eigenvalue weighted by Crippen LogP contribution is 2.21. The van der Waals surface area contributed by atoms with Crippen molar-refractivity contribution in [2.75, 3.05) is 26.2 Å². The Bertz CT molecular complexity index is 699. The van der Waals surface area contributed by atoms with Crippen LogP contribution >= 0.6 is 0 Å². The number of ether oxygens (including phenoxy) is 1. The summed E-state index contributed by atoms with van der Waals surface area (Å²) in [6.45, 7) is 4.76. The Balaban J connectivity index is 1.54. The number of carbonyl (C=O) groups excluding carboxylic acids is 1. The number of hydrogen-bond acceptors (Lipinski definition) is 6. The molecule has 1 fully saturated rings. The first-order valence-corrected chi connectivity index (χ1v) is 8.73. The second kappa shape index (κ2) is 8.11. The van der Waals surface area contributed by atoms with E-state index in [1.54, 1.807) is 0 Å². The molecule has 2 N–H and O–H groups in total. The molecular formula is C18H24N4O3. The van der Waals surface area contributed by atoms with Crippen LogP contribution in [0, 0.1) is 5.92 Å². The summed E-state index contributed by atoms with van der Waals surface area (Å²) in [5.41, 5.74) is 6.52. The highest BCUT2D eigenvalue weighted by atomic mass is 16.5. The van der Waals surface area contributed by atoms with Crippen LogP contribution < -0.4 is 10.5 Å². The molecule has 1 aliphatic heterocycles. The van der Waals surface area contributed by atoms with Gasteiger partial charge in [0.2, 0.25) is 17.6 Å². The second-order valence-corrected chi connectivity index (χ2v) is 6.20. The summed E-state index contributed by atoms with van der Waals surface area (Å²) < 4.78 is 10.7. The van der Waals surface area contributed by atoms with Crippen LogP contribution in [0.3, 0.4) is 0 Å². The van der Waals surface area contributed by atoms with Gasteiger partial charge in [0.1, 0.15) is 5.75 Å². The highest BCUT2D eigenvalue weighted by molar-refractivity contribution is 5.76. The number of nitrogens with two attached hydrogens (primary N) is 1. The lowest BCUT2D eigenvalue weighted by molar-refractivity contribution is -0.130. The number of hydrogen-bond donors (Lipinski definition) is 1. The molecule has 7 nitrogen and oxygen atoms in total. The van der Waals surface area contributed by atoms with Gasteiger partial charge < -0.3 is 19.9 Å². The molecule has 7 heteroatoms. The largest absolute Gasteiger partial charge is 0.494 e. The van der Waals surface area contributed by atoms with Crippen LogP contribution in [-0.4, -0.2) is 47.2 Å². The number of likely N-dealkylation sites (tertiary alicyclic amines) is 1. The van der Waals surface area contributed by atoms with Gasteiger partial charge in [-0.3, -0.25) is 4.79 Å². The van der Waals surface area contributed by atoms with Gasteiger partial charge in [0.05, 0.1) is 6.61 Å². The lowest BCUT2D eigenvalue weighted by Crippen LogP contribution is -2.30. The summed E-state index contributed by atoms with van der Waals surface area (Å²) in [6, 6.07) is 7.53. The van der Waals surface area contributed by atoms with Crippen molar-refractivity contribution in [1.29, 1.82) is 0 Å². The fourth-order valence-electron chi connectivity index (χ4n) is 2.96. The monoisotopic (exact) mass is 344 g/mol. The zero-order chi connectivity index (χ0) is 17.6. The van der Waals surface area contributed by atoms with Gasteiger partial charge in [-0.1, -0.05) is 5.16 Å². The molecule has 0 saturated carbocycles. The van der Waals surface area contributed by atoms with Crippen molar-refractivity contribution >= 4 is 5.91 Å². The van der Waals surface area contributed by atoms with E-state index < -0.39 is 0 Å². The molecule has 1 aromatic carbocycles. The predicted molar refractivity (Wildman–Crippen MR) is 93.0 cm³/mol. The zero-order valence-electron chi connectivity index (χ0n) is 14.5. The van der Waals surface area contributed by atoms with Crippen molar-refractivity contribution in [1.82, 2.24) is 15.0 Å². The molecule has 1 unspecified atom stereocenters. The Morgan fingerprint density at radius 3 is 2.88 bits per heavy atom. The third kappa shape index (κ3) is 4.36. The van der Waals surface area contributed by atoms with Crippen LogP contribution in [0.4, 0.5) is 0 Å². The van der Waals surface area contributed by atoms with Gasteiger partial charge in [-0.05, 0) is 50.1 Å². The standard InChI is InChI=1S/C18H24N4O3/c1-2-24-15-5-3-14(4-6-15)18-20-16(25-21-18)7-8-17(23)22-10-9-13(11-19)12-22/h3-6,13H,2,7-12,19H2,1H3. The summed E-state index contributed by atoms with van der Waals surface area (Å²) in [4.78, 5) is 18.5. The molecule has 1 amide bonds. The van der Waals surface area contributed by atoms with Crippen molar-refractivity contribution in [3.05, 3.63) is 30.2 Å². The topological polar surface area (TPSA) is 94.5 Å². The molecule has 134 valence electrons. The molecule has 1 saturated heterocycles. The van der Waals surface area contributed by atoms with Crippen molar-refractivity contribution in [2.24, 2.45) is 11.7 Å². The zero-order valence-corrected chi connectivity index (χ0v) is 14.5. The molecule has 1 atom stereocenters. The van der Waals surface area contributed by atoms with Gasteiger partial charge >= 0.3 is 0 Å². The quantitative estimate of drug-likeness (QED) is 0.824. The number of rotatable bonds is 7. The van der Waals surface area contributed by atoms with E-state index in [9.17, 15) is 4.79 Å². The van der Waals surface area contributed by atoms with Crippen molar-refractivity contribution < 1.29 is 14.1 Å². The van der Waals surface area contributed by atoms with Crippen LogP contribution in [0.1, 0.15) is 25.7 Å². The minimum absolute atomic E-state index is 0.122. The molecule has 0 radical (unpaired) electrons. The smallest absolute Gasteiger partial charge is 0.227 e. The molecule has 2 heterocycles. The van der Waals surface area contributed by atoms with E-state index in [1.165, 1.54) is 0 Å². The minimum atomic E-state index is 0.122. The minimum Gasteiger partial charge on any atom is -0.494 e. The maximum atomic E-state index is 12.2. The summed E-state index contributed by atoms with van der Waals surface area (Å²) in [6.07, 6.45) is 1.82. The highest BCUT2D eigenvalue weighted by Gasteiger charge is 2.25. The van der Waals surface area contributed by atoms with E-state index in [4.69, 9.17) is 15.0 Å². The third-order valence-electron chi connectivity index (χ3n) is 4.42. The Hall–Kier alpha value is -2.41. The first-order valence-electron chi connectivity index (χ1n) is 8.73. The molecule has 1 aromatic heterocycles. The predicted octanol–water partition coefficient (Wildman–Crippen LogP) is 1.88. The van der Waals surface area contributed by atoms with E-state index >= 15 is 0 Å². The SMILES string of the molecule is CCOc1ccc(-c2noc(CCC(=O)N3CCC(CN)C3)n2)cc1. The van der Waals surface area contributed by atoms with Gasteiger partial charge in [-0.2, -0.15) is 4.98 Å². The maximum absolute atomic E-state index is 12.2. The first kappa shape index (κ1) is 17.4. The van der Waals surface area contributed by atoms with E-state index in [1.807, 2.05) is 36.1 Å². The lowest BCUT2D eigenvalue weighted by atomic mass is 10.1. The number of aryl methyl sites for hydroxylation is 1. The molecule has 0 bridgehead atoms. The summed E-state index contributed by atoms with van der Waals surface area (Å²) in [5, 5.41) is 3.99. The molecular weight excluding hydrogens is 320 g/mol. The van der Waals surface area contributed by atoms with Gasteiger partial charge in [-0.25, -0.2) is 0 Å². The van der Waals surface area contributed by atoms with E-state index in [0.717, 1.165) is 30.8 Å². The lowest BCUT2D eigenvalue weighted by Gasteiger charge is -2.15. The molecule has 1 aliphatic rings. The summed E-state index contributed by atoms with van der Waals surface area (Å²) in [5.74, 6) is 2.36. The molecule has 25 heavy (non-hydrogen) atoms. The van der Waals surface area contributed by atoms with Crippen LogP contribution in [0.5, 0.6) is 5.75 Å². The maximum Gasteiger partial charge on any atom is 0.227 e. The van der Waals surface area contributed by atoms with E-state index in [2.05, 4.69) is 10.1 Å². The summed E-state index contributed by atoms with van der Waals surface area (Å²) >= 11 is 0. The average Bonchev–Trinajstić information content (AvgIpc) is 3.30. The fourth-order valence-corrected chi connectivity index (χ4v) is 2.96.